The summed E-state index contributed by atoms with van der Waals surface area (Å²) in [5, 5.41) is 15.5. The van der Waals surface area contributed by atoms with Crippen molar-refractivity contribution in [3.05, 3.63) is 12.2 Å². The van der Waals surface area contributed by atoms with Crippen molar-refractivity contribution in [2.45, 2.75) is 25.8 Å². The van der Waals surface area contributed by atoms with Gasteiger partial charge in [0.05, 0.1) is 7.05 Å². The molecule has 0 spiro atoms. The Morgan fingerprint density at radius 1 is 1.69 bits per heavy atom. The van der Waals surface area contributed by atoms with E-state index in [4.69, 9.17) is 11.6 Å². The van der Waals surface area contributed by atoms with Crippen LogP contribution in [0.25, 0.3) is 0 Å². The van der Waals surface area contributed by atoms with Crippen LogP contribution in [0, 0.1) is 12.3 Å². The van der Waals surface area contributed by atoms with E-state index in [1.807, 2.05) is 18.1 Å². The minimum atomic E-state index is 0. The zero-order valence-corrected chi connectivity index (χ0v) is 9.93. The number of hydrogen-bond acceptors (Lipinski definition) is 3. The molecule has 0 aliphatic rings. The Morgan fingerprint density at radius 2 is 2.44 bits per heavy atom. The Labute approximate surface area is 101 Å². The second kappa shape index (κ2) is 7.71. The standard InChI is InChI=1S/C10H14N4O.ClH/c1-3-4-5-6-7-14-9-13(2)10(12-14)8-11-15;/h1,8-9H,4-7H2,2H3;1H/b11-8+;. The lowest BCUT2D eigenvalue weighted by molar-refractivity contribution is -0.673. The Morgan fingerprint density at radius 3 is 3.06 bits per heavy atom. The monoisotopic (exact) mass is 242 g/mol. The van der Waals surface area contributed by atoms with Crippen molar-refractivity contribution in [3.8, 4) is 12.3 Å². The Balaban J connectivity index is 0.00000225. The average Bonchev–Trinajstić information content (AvgIpc) is 2.55. The van der Waals surface area contributed by atoms with E-state index in [1.54, 1.807) is 4.57 Å². The quantitative estimate of drug-likeness (QED) is 0.153. The van der Waals surface area contributed by atoms with Gasteiger partial charge >= 0.3 is 5.82 Å². The van der Waals surface area contributed by atoms with E-state index in [-0.39, 0.29) is 12.4 Å². The molecule has 6 heteroatoms. The van der Waals surface area contributed by atoms with Crippen molar-refractivity contribution >= 4 is 6.21 Å². The first-order chi connectivity index (χ1) is 7.27. The third-order valence-corrected chi connectivity index (χ3v) is 2.03. The molecule has 0 amide bonds. The zero-order chi connectivity index (χ0) is 11.1. The van der Waals surface area contributed by atoms with E-state index in [2.05, 4.69) is 16.2 Å². The van der Waals surface area contributed by atoms with Crippen molar-refractivity contribution in [3.63, 3.8) is 0 Å². The lowest BCUT2D eigenvalue weighted by Crippen LogP contribution is -3.00. The molecule has 0 unspecified atom stereocenters. The van der Waals surface area contributed by atoms with Gasteiger partial charge in [-0.3, -0.25) is 0 Å². The fourth-order valence-corrected chi connectivity index (χ4v) is 1.26. The number of unbranched alkanes of at least 4 members (excludes halogenated alkanes) is 2. The Bertz CT molecular complexity index is 381. The highest BCUT2D eigenvalue weighted by atomic mass is 35.5. The number of hydrogen-bond donors (Lipinski definition) is 1. The number of aryl methyl sites for hydroxylation is 2. The van der Waals surface area contributed by atoms with E-state index in [1.165, 1.54) is 6.21 Å². The summed E-state index contributed by atoms with van der Waals surface area (Å²) in [6.45, 7) is 0.828. The van der Waals surface area contributed by atoms with Gasteiger partial charge in [0.1, 0.15) is 12.8 Å². The van der Waals surface area contributed by atoms with Crippen LogP contribution in [0.3, 0.4) is 0 Å². The van der Waals surface area contributed by atoms with Gasteiger partial charge in [-0.2, -0.15) is 0 Å². The van der Waals surface area contributed by atoms with Crippen LogP contribution in [0.15, 0.2) is 11.5 Å². The zero-order valence-electron chi connectivity index (χ0n) is 9.17. The fraction of sp³-hybridized carbons (Fsp3) is 0.500. The van der Waals surface area contributed by atoms with Crippen molar-refractivity contribution in [2.24, 2.45) is 12.2 Å². The molecule has 0 aliphatic heterocycles. The van der Waals surface area contributed by atoms with E-state index < -0.39 is 0 Å². The molecule has 0 fully saturated rings. The van der Waals surface area contributed by atoms with E-state index in [0.717, 1.165) is 25.8 Å². The van der Waals surface area contributed by atoms with E-state index >= 15 is 0 Å². The summed E-state index contributed by atoms with van der Waals surface area (Å²) in [7, 11) is 1.85. The molecular formula is C10H15ClN4O. The first-order valence-corrected chi connectivity index (χ1v) is 4.82. The van der Waals surface area contributed by atoms with Crippen LogP contribution in [0.5, 0.6) is 0 Å². The highest BCUT2D eigenvalue weighted by Gasteiger charge is 2.10. The van der Waals surface area contributed by atoms with Gasteiger partial charge in [0, 0.05) is 11.5 Å². The van der Waals surface area contributed by atoms with Crippen molar-refractivity contribution < 1.29 is 22.2 Å². The maximum atomic E-state index is 8.38. The van der Waals surface area contributed by atoms with Crippen LogP contribution >= 0.6 is 0 Å². The van der Waals surface area contributed by atoms with Crippen LogP contribution in [0.1, 0.15) is 25.1 Å². The van der Waals surface area contributed by atoms with E-state index in [9.17, 15) is 0 Å². The van der Waals surface area contributed by atoms with Gasteiger partial charge in [0.25, 0.3) is 0 Å². The van der Waals surface area contributed by atoms with Gasteiger partial charge in [-0.15, -0.1) is 17.0 Å². The molecule has 0 atom stereocenters. The molecule has 1 aromatic rings. The van der Waals surface area contributed by atoms with Gasteiger partial charge in [-0.25, -0.2) is 4.57 Å². The molecule has 16 heavy (non-hydrogen) atoms. The summed E-state index contributed by atoms with van der Waals surface area (Å²) in [5.41, 5.74) is 0. The lowest BCUT2D eigenvalue weighted by atomic mass is 10.2. The molecule has 0 saturated heterocycles. The highest BCUT2D eigenvalue weighted by Crippen LogP contribution is 1.96. The number of rotatable bonds is 5. The summed E-state index contributed by atoms with van der Waals surface area (Å²) >= 11 is 0. The van der Waals surface area contributed by atoms with Crippen LogP contribution in [-0.4, -0.2) is 21.2 Å². The molecule has 0 saturated carbocycles. The average molecular weight is 243 g/mol. The molecule has 0 radical (unpaired) electrons. The first-order valence-electron chi connectivity index (χ1n) is 4.82. The van der Waals surface area contributed by atoms with Crippen molar-refractivity contribution in [1.82, 2.24) is 9.78 Å². The molecule has 1 heterocycles. The van der Waals surface area contributed by atoms with Gasteiger partial charge < -0.3 is 17.6 Å². The predicted molar refractivity (Wildman–Crippen MR) is 55.5 cm³/mol. The maximum Gasteiger partial charge on any atom is 0.323 e. The second-order valence-corrected chi connectivity index (χ2v) is 3.25. The first kappa shape index (κ1) is 14.5. The summed E-state index contributed by atoms with van der Waals surface area (Å²) < 4.78 is 3.61. The molecule has 0 aliphatic carbocycles. The summed E-state index contributed by atoms with van der Waals surface area (Å²) in [5.74, 6) is 3.22. The molecule has 1 rings (SSSR count). The summed E-state index contributed by atoms with van der Waals surface area (Å²) in [6, 6.07) is 0. The molecule has 5 nitrogen and oxygen atoms in total. The molecule has 88 valence electrons. The molecular weight excluding hydrogens is 228 g/mol. The normalized spacial score (nSPS) is 10.0. The third-order valence-electron chi connectivity index (χ3n) is 2.03. The van der Waals surface area contributed by atoms with E-state index in [0.29, 0.717) is 5.82 Å². The summed E-state index contributed by atoms with van der Waals surface area (Å²) in [6.07, 6.45) is 11.1. The van der Waals surface area contributed by atoms with Crippen molar-refractivity contribution in [2.75, 3.05) is 0 Å². The molecule has 0 aromatic carbocycles. The predicted octanol–water partition coefficient (Wildman–Crippen LogP) is -2.68. The number of nitrogens with zero attached hydrogens (tertiary/aromatic N) is 4. The number of halogens is 1. The minimum absolute atomic E-state index is 0. The SMILES string of the molecule is C#CCCCCn1c[n+](C)c(/C=N/O)n1.[Cl-]. The number of aromatic nitrogens is 3. The Hall–Kier alpha value is -1.54. The van der Waals surface area contributed by atoms with Crippen LogP contribution < -0.4 is 17.0 Å². The van der Waals surface area contributed by atoms with Crippen LogP contribution in [0.2, 0.25) is 0 Å². The maximum absolute atomic E-state index is 8.38. The largest absolute Gasteiger partial charge is 1.00 e. The van der Waals surface area contributed by atoms with Gasteiger partial charge in [0.15, 0.2) is 0 Å². The van der Waals surface area contributed by atoms with Crippen molar-refractivity contribution in [1.29, 1.82) is 0 Å². The number of terminal acetylenes is 1. The smallest absolute Gasteiger partial charge is 0.323 e. The lowest BCUT2D eigenvalue weighted by Gasteiger charge is -1.90. The molecule has 1 N–H and O–H groups in total. The van der Waals surface area contributed by atoms with Gasteiger partial charge in [-0.1, -0.05) is 5.16 Å². The molecule has 0 bridgehead atoms. The van der Waals surface area contributed by atoms with Gasteiger partial charge in [-0.05, 0) is 12.8 Å². The minimum Gasteiger partial charge on any atom is -1.00 e. The number of oxime groups is 1. The third kappa shape index (κ3) is 4.32. The highest BCUT2D eigenvalue weighted by molar-refractivity contribution is 5.71. The van der Waals surface area contributed by atoms with Crippen LogP contribution in [0.4, 0.5) is 0 Å². The fourth-order valence-electron chi connectivity index (χ4n) is 1.26. The Kier molecular flexibility index (Phi) is 6.97. The second-order valence-electron chi connectivity index (χ2n) is 3.25. The topological polar surface area (TPSA) is 54.3 Å². The van der Waals surface area contributed by atoms with Crippen LogP contribution in [-0.2, 0) is 13.6 Å². The summed E-state index contributed by atoms with van der Waals surface area (Å²) in [4.78, 5) is 0. The van der Waals surface area contributed by atoms with Gasteiger partial charge in [0.2, 0.25) is 6.33 Å². The molecule has 1 aromatic heterocycles.